The van der Waals surface area contributed by atoms with E-state index < -0.39 is 0 Å². The van der Waals surface area contributed by atoms with Crippen LogP contribution in [-0.4, -0.2) is 15.2 Å². The fourth-order valence-electron chi connectivity index (χ4n) is 1.40. The third-order valence-corrected chi connectivity index (χ3v) is 2.10. The van der Waals surface area contributed by atoms with E-state index in [1.165, 1.54) is 6.26 Å². The molecular formula is C9H8N4O2. The first-order valence-corrected chi connectivity index (χ1v) is 4.40. The molecule has 0 amide bonds. The molecule has 6 nitrogen and oxygen atoms in total. The molecule has 0 aromatic carbocycles. The van der Waals surface area contributed by atoms with Gasteiger partial charge in [0.1, 0.15) is 12.0 Å². The van der Waals surface area contributed by atoms with E-state index in [0.29, 0.717) is 22.7 Å². The van der Waals surface area contributed by atoms with Crippen LogP contribution >= 0.6 is 0 Å². The number of H-pyrrole nitrogens is 1. The van der Waals surface area contributed by atoms with Gasteiger partial charge in [0, 0.05) is 5.69 Å². The summed E-state index contributed by atoms with van der Waals surface area (Å²) in [7, 11) is 0. The number of nitrogens with two attached hydrogens (primary N) is 1. The highest BCUT2D eigenvalue weighted by atomic mass is 16.4. The highest BCUT2D eigenvalue weighted by molar-refractivity contribution is 5.84. The van der Waals surface area contributed by atoms with Crippen LogP contribution < -0.4 is 5.73 Å². The lowest BCUT2D eigenvalue weighted by Gasteiger charge is -1.84. The Labute approximate surface area is 84.1 Å². The Bertz CT molecular complexity index is 619. The Morgan fingerprint density at radius 1 is 1.47 bits per heavy atom. The molecule has 76 valence electrons. The maximum absolute atomic E-state index is 5.56. The zero-order valence-electron chi connectivity index (χ0n) is 7.94. The first kappa shape index (κ1) is 8.10. The predicted molar refractivity (Wildman–Crippen MR) is 53.0 cm³/mol. The number of rotatable bonds is 1. The maximum Gasteiger partial charge on any atom is 0.248 e. The first-order valence-electron chi connectivity index (χ1n) is 4.40. The Hall–Kier alpha value is -2.24. The number of furan rings is 1. The number of fused-ring (bicyclic) bond motifs is 1. The molecule has 0 radical (unpaired) electrons. The summed E-state index contributed by atoms with van der Waals surface area (Å²) in [5, 5.41) is 6.85. The normalized spacial score (nSPS) is 11.3. The number of aromatic nitrogens is 3. The van der Waals surface area contributed by atoms with Gasteiger partial charge < -0.3 is 14.6 Å². The van der Waals surface area contributed by atoms with Gasteiger partial charge in [0.15, 0.2) is 11.1 Å². The summed E-state index contributed by atoms with van der Waals surface area (Å²) < 4.78 is 10.4. The fraction of sp³-hybridized carbons (Fsp3) is 0.111. The van der Waals surface area contributed by atoms with Gasteiger partial charge in [-0.2, -0.15) is 5.10 Å². The summed E-state index contributed by atoms with van der Waals surface area (Å²) in [6.45, 7) is 1.91. The van der Waals surface area contributed by atoms with Crippen molar-refractivity contribution < 1.29 is 8.83 Å². The molecule has 0 unspecified atom stereocenters. The third-order valence-electron chi connectivity index (χ3n) is 2.10. The van der Waals surface area contributed by atoms with Crippen LogP contribution in [-0.2, 0) is 0 Å². The molecule has 0 aliphatic rings. The van der Waals surface area contributed by atoms with Gasteiger partial charge in [-0.1, -0.05) is 0 Å². The lowest BCUT2D eigenvalue weighted by molar-refractivity contribution is 0.560. The SMILES string of the molecule is Cc1cc(-c2nc3c(N)occ3o2)n[nH]1. The molecule has 15 heavy (non-hydrogen) atoms. The summed E-state index contributed by atoms with van der Waals surface area (Å²) in [5.74, 6) is 0.694. The Morgan fingerprint density at radius 2 is 2.33 bits per heavy atom. The van der Waals surface area contributed by atoms with Crippen LogP contribution in [0, 0.1) is 6.92 Å². The molecule has 6 heteroatoms. The smallest absolute Gasteiger partial charge is 0.248 e. The van der Waals surface area contributed by atoms with Gasteiger partial charge in [-0.3, -0.25) is 5.10 Å². The van der Waals surface area contributed by atoms with Crippen molar-refractivity contribution in [1.29, 1.82) is 0 Å². The number of hydrogen-bond donors (Lipinski definition) is 2. The average Bonchev–Trinajstić information content (AvgIpc) is 2.84. The van der Waals surface area contributed by atoms with E-state index in [-0.39, 0.29) is 5.88 Å². The molecule has 0 aliphatic carbocycles. The molecule has 3 aromatic rings. The minimum atomic E-state index is 0.257. The van der Waals surface area contributed by atoms with Crippen LogP contribution in [0.2, 0.25) is 0 Å². The van der Waals surface area contributed by atoms with E-state index >= 15 is 0 Å². The van der Waals surface area contributed by atoms with E-state index in [9.17, 15) is 0 Å². The number of nitrogens with zero attached hydrogens (tertiary/aromatic N) is 2. The van der Waals surface area contributed by atoms with E-state index in [2.05, 4.69) is 15.2 Å². The quantitative estimate of drug-likeness (QED) is 0.629. The zero-order chi connectivity index (χ0) is 10.4. The van der Waals surface area contributed by atoms with Crippen LogP contribution in [0.25, 0.3) is 22.7 Å². The van der Waals surface area contributed by atoms with Gasteiger partial charge in [-0.05, 0) is 13.0 Å². The molecule has 0 spiro atoms. The number of aryl methyl sites for hydroxylation is 1. The van der Waals surface area contributed by atoms with E-state index in [4.69, 9.17) is 14.6 Å². The monoisotopic (exact) mass is 204 g/mol. The number of aromatic amines is 1. The molecule has 0 bridgehead atoms. The van der Waals surface area contributed by atoms with Crippen molar-refractivity contribution in [3.05, 3.63) is 18.0 Å². The predicted octanol–water partition coefficient (Wildman–Crippen LogP) is 1.70. The van der Waals surface area contributed by atoms with Gasteiger partial charge in [0.05, 0.1) is 0 Å². The average molecular weight is 204 g/mol. The molecule has 0 aliphatic heterocycles. The van der Waals surface area contributed by atoms with Gasteiger partial charge in [-0.25, -0.2) is 4.98 Å². The molecule has 0 atom stereocenters. The summed E-state index contributed by atoms with van der Waals surface area (Å²) in [6, 6.07) is 1.85. The largest absolute Gasteiger partial charge is 0.443 e. The van der Waals surface area contributed by atoms with E-state index in [1.807, 2.05) is 13.0 Å². The van der Waals surface area contributed by atoms with Gasteiger partial charge in [0.25, 0.3) is 0 Å². The molecular weight excluding hydrogens is 196 g/mol. The van der Waals surface area contributed by atoms with Crippen LogP contribution in [0.4, 0.5) is 5.88 Å². The lowest BCUT2D eigenvalue weighted by atomic mass is 10.4. The zero-order valence-corrected chi connectivity index (χ0v) is 7.94. The Kier molecular flexibility index (Phi) is 1.42. The molecule has 3 aromatic heterocycles. The lowest BCUT2D eigenvalue weighted by Crippen LogP contribution is -1.81. The summed E-state index contributed by atoms with van der Waals surface area (Å²) in [6.07, 6.45) is 1.43. The minimum absolute atomic E-state index is 0.257. The van der Waals surface area contributed by atoms with Crippen molar-refractivity contribution in [1.82, 2.24) is 15.2 Å². The van der Waals surface area contributed by atoms with E-state index in [1.54, 1.807) is 0 Å². The first-order chi connectivity index (χ1) is 7.24. The Balaban J connectivity index is 2.19. The molecule has 0 fully saturated rings. The highest BCUT2D eigenvalue weighted by Crippen LogP contribution is 2.27. The second-order valence-corrected chi connectivity index (χ2v) is 3.27. The van der Waals surface area contributed by atoms with Crippen molar-refractivity contribution >= 4 is 17.0 Å². The van der Waals surface area contributed by atoms with Crippen LogP contribution in [0.3, 0.4) is 0 Å². The third kappa shape index (κ3) is 1.11. The molecule has 3 heterocycles. The molecule has 3 rings (SSSR count). The molecule has 3 N–H and O–H groups in total. The van der Waals surface area contributed by atoms with Crippen molar-refractivity contribution in [2.24, 2.45) is 0 Å². The van der Waals surface area contributed by atoms with Gasteiger partial charge in [0.2, 0.25) is 11.8 Å². The molecule has 0 saturated heterocycles. The topological polar surface area (TPSA) is 93.9 Å². The number of nitrogens with one attached hydrogen (secondary N) is 1. The van der Waals surface area contributed by atoms with Gasteiger partial charge in [-0.15, -0.1) is 0 Å². The standard InChI is InChI=1S/C9H8N4O2/c1-4-2-5(13-12-4)9-11-7-6(15-9)3-14-8(7)10/h2-3H,10H2,1H3,(H,12,13). The summed E-state index contributed by atoms with van der Waals surface area (Å²) in [4.78, 5) is 4.19. The number of anilines is 1. The molecule has 0 saturated carbocycles. The van der Waals surface area contributed by atoms with Gasteiger partial charge >= 0.3 is 0 Å². The van der Waals surface area contributed by atoms with Crippen LogP contribution in [0.5, 0.6) is 0 Å². The maximum atomic E-state index is 5.56. The number of oxazole rings is 1. The number of nitrogen functional groups attached to an aromatic ring is 1. The highest BCUT2D eigenvalue weighted by Gasteiger charge is 2.14. The van der Waals surface area contributed by atoms with Crippen LogP contribution in [0.15, 0.2) is 21.2 Å². The minimum Gasteiger partial charge on any atom is -0.443 e. The van der Waals surface area contributed by atoms with Crippen molar-refractivity contribution in [2.45, 2.75) is 6.92 Å². The summed E-state index contributed by atoms with van der Waals surface area (Å²) in [5.41, 5.74) is 8.22. The second kappa shape index (κ2) is 2.63. The summed E-state index contributed by atoms with van der Waals surface area (Å²) >= 11 is 0. The second-order valence-electron chi connectivity index (χ2n) is 3.27. The van der Waals surface area contributed by atoms with Crippen molar-refractivity contribution in [3.8, 4) is 11.6 Å². The fourth-order valence-corrected chi connectivity index (χ4v) is 1.40. The van der Waals surface area contributed by atoms with E-state index in [0.717, 1.165) is 5.69 Å². The Morgan fingerprint density at radius 3 is 3.00 bits per heavy atom. The van der Waals surface area contributed by atoms with Crippen LogP contribution in [0.1, 0.15) is 5.69 Å². The number of hydrogen-bond acceptors (Lipinski definition) is 5. The van der Waals surface area contributed by atoms with Crippen molar-refractivity contribution in [3.63, 3.8) is 0 Å². The van der Waals surface area contributed by atoms with Crippen molar-refractivity contribution in [2.75, 3.05) is 5.73 Å².